The number of ether oxygens (including phenoxy) is 1. The second kappa shape index (κ2) is 8.98. The molecule has 0 saturated heterocycles. The van der Waals surface area contributed by atoms with Gasteiger partial charge in [0.15, 0.2) is 0 Å². The van der Waals surface area contributed by atoms with E-state index in [-0.39, 0.29) is 0 Å². The van der Waals surface area contributed by atoms with Crippen molar-refractivity contribution in [1.82, 2.24) is 5.32 Å². The molecule has 1 aliphatic rings. The van der Waals surface area contributed by atoms with Crippen LogP contribution in [0.1, 0.15) is 59.3 Å². The minimum Gasteiger partial charge on any atom is -0.389 e. The first-order chi connectivity index (χ1) is 9.48. The summed E-state index contributed by atoms with van der Waals surface area (Å²) in [5.41, 5.74) is -0.697. The maximum absolute atomic E-state index is 9.94. The lowest BCUT2D eigenvalue weighted by Gasteiger charge is -2.31. The Balaban J connectivity index is 2.17. The normalized spacial score (nSPS) is 28.1. The third kappa shape index (κ3) is 6.53. The monoisotopic (exact) mass is 287 g/mol. The van der Waals surface area contributed by atoms with Gasteiger partial charge in [0, 0.05) is 13.1 Å². The third-order valence-corrected chi connectivity index (χ3v) is 4.51. The van der Waals surface area contributed by atoms with Crippen LogP contribution in [0.25, 0.3) is 0 Å². The fourth-order valence-electron chi connectivity index (χ4n) is 2.79. The molecule has 0 heterocycles. The molecular formula is C16H33NO3. The van der Waals surface area contributed by atoms with Crippen LogP contribution in [0, 0.1) is 5.92 Å². The summed E-state index contributed by atoms with van der Waals surface area (Å²) < 4.78 is 5.90. The highest BCUT2D eigenvalue weighted by molar-refractivity contribution is 4.77. The molecule has 4 heteroatoms. The summed E-state index contributed by atoms with van der Waals surface area (Å²) in [5.74, 6) is 0.657. The number of hydrogen-bond acceptors (Lipinski definition) is 4. The predicted octanol–water partition coefficient (Wildman–Crippen LogP) is 2.08. The maximum Gasteiger partial charge on any atom is 0.0897 e. The molecule has 120 valence electrons. The molecule has 1 fully saturated rings. The molecule has 1 rings (SSSR count). The minimum absolute atomic E-state index is 0.321. The van der Waals surface area contributed by atoms with Gasteiger partial charge in [-0.1, -0.05) is 33.1 Å². The molecule has 3 N–H and O–H groups in total. The van der Waals surface area contributed by atoms with Crippen molar-refractivity contribution in [3.63, 3.8) is 0 Å². The second-order valence-corrected chi connectivity index (χ2v) is 6.46. The lowest BCUT2D eigenvalue weighted by molar-refractivity contribution is -0.0510. The first-order valence-corrected chi connectivity index (χ1v) is 8.21. The van der Waals surface area contributed by atoms with Gasteiger partial charge in [0.25, 0.3) is 0 Å². The van der Waals surface area contributed by atoms with E-state index < -0.39 is 11.7 Å². The minimum atomic E-state index is -0.697. The summed E-state index contributed by atoms with van der Waals surface area (Å²) in [5, 5.41) is 22.9. The van der Waals surface area contributed by atoms with E-state index in [1.54, 1.807) is 6.92 Å². The molecule has 4 unspecified atom stereocenters. The van der Waals surface area contributed by atoms with Crippen LogP contribution in [0.3, 0.4) is 0 Å². The lowest BCUT2D eigenvalue weighted by Crippen LogP contribution is -2.41. The molecule has 0 radical (unpaired) electrons. The van der Waals surface area contributed by atoms with Gasteiger partial charge >= 0.3 is 0 Å². The highest BCUT2D eigenvalue weighted by Crippen LogP contribution is 2.29. The summed E-state index contributed by atoms with van der Waals surface area (Å²) >= 11 is 0. The molecule has 0 bridgehead atoms. The van der Waals surface area contributed by atoms with E-state index in [0.29, 0.717) is 38.1 Å². The van der Waals surface area contributed by atoms with Crippen LogP contribution >= 0.6 is 0 Å². The van der Waals surface area contributed by atoms with Gasteiger partial charge in [0.1, 0.15) is 0 Å². The average molecular weight is 287 g/mol. The molecule has 0 aromatic heterocycles. The van der Waals surface area contributed by atoms with Crippen molar-refractivity contribution < 1.29 is 14.9 Å². The number of aliphatic hydroxyl groups is 2. The Bertz CT molecular complexity index is 258. The smallest absolute Gasteiger partial charge is 0.0897 e. The van der Waals surface area contributed by atoms with E-state index in [2.05, 4.69) is 12.2 Å². The maximum atomic E-state index is 9.94. The highest BCUT2D eigenvalue weighted by Gasteiger charge is 2.25. The van der Waals surface area contributed by atoms with Gasteiger partial charge in [-0.3, -0.25) is 0 Å². The molecule has 4 nitrogen and oxygen atoms in total. The summed E-state index contributed by atoms with van der Waals surface area (Å²) in [7, 11) is 0. The van der Waals surface area contributed by atoms with Crippen LogP contribution in [-0.2, 0) is 4.74 Å². The lowest BCUT2D eigenvalue weighted by atomic mass is 9.85. The molecule has 0 aromatic carbocycles. The molecule has 1 aliphatic carbocycles. The Morgan fingerprint density at radius 1 is 1.30 bits per heavy atom. The quantitative estimate of drug-likeness (QED) is 0.607. The van der Waals surface area contributed by atoms with Gasteiger partial charge in [-0.15, -0.1) is 0 Å². The number of nitrogens with one attached hydrogen (secondary N) is 1. The predicted molar refractivity (Wildman–Crippen MR) is 81.8 cm³/mol. The van der Waals surface area contributed by atoms with Crippen LogP contribution in [-0.4, -0.2) is 47.7 Å². The Hall–Kier alpha value is -0.160. The summed E-state index contributed by atoms with van der Waals surface area (Å²) in [6.45, 7) is 7.34. The SMILES string of the molecule is CCC1CCCCC1OCC(O)CNCC(C)(O)CC. The summed E-state index contributed by atoms with van der Waals surface area (Å²) in [4.78, 5) is 0. The van der Waals surface area contributed by atoms with Crippen LogP contribution < -0.4 is 5.32 Å². The Morgan fingerprint density at radius 3 is 2.65 bits per heavy atom. The first kappa shape index (κ1) is 17.9. The molecule has 1 saturated carbocycles. The second-order valence-electron chi connectivity index (χ2n) is 6.46. The van der Waals surface area contributed by atoms with Crippen LogP contribution in [0.4, 0.5) is 0 Å². The van der Waals surface area contributed by atoms with E-state index in [1.807, 2.05) is 6.92 Å². The first-order valence-electron chi connectivity index (χ1n) is 8.21. The Kier molecular flexibility index (Phi) is 8.03. The van der Waals surface area contributed by atoms with Gasteiger partial charge in [-0.05, 0) is 32.1 Å². The molecule has 0 amide bonds. The van der Waals surface area contributed by atoms with Gasteiger partial charge in [0.05, 0.1) is 24.4 Å². The molecule has 20 heavy (non-hydrogen) atoms. The molecule has 0 spiro atoms. The Morgan fingerprint density at radius 2 is 2.00 bits per heavy atom. The summed E-state index contributed by atoms with van der Waals surface area (Å²) in [6.07, 6.45) is 6.64. The fraction of sp³-hybridized carbons (Fsp3) is 1.00. The zero-order chi connectivity index (χ0) is 15.0. The van der Waals surface area contributed by atoms with E-state index >= 15 is 0 Å². The van der Waals surface area contributed by atoms with Crippen molar-refractivity contribution in [3.05, 3.63) is 0 Å². The van der Waals surface area contributed by atoms with E-state index in [9.17, 15) is 10.2 Å². The van der Waals surface area contributed by atoms with Gasteiger partial charge < -0.3 is 20.3 Å². The largest absolute Gasteiger partial charge is 0.389 e. The molecular weight excluding hydrogens is 254 g/mol. The molecule has 0 aliphatic heterocycles. The van der Waals surface area contributed by atoms with Crippen molar-refractivity contribution in [2.75, 3.05) is 19.7 Å². The third-order valence-electron chi connectivity index (χ3n) is 4.51. The van der Waals surface area contributed by atoms with E-state index in [0.717, 1.165) is 6.42 Å². The van der Waals surface area contributed by atoms with Crippen molar-refractivity contribution in [1.29, 1.82) is 0 Å². The zero-order valence-electron chi connectivity index (χ0n) is 13.4. The van der Waals surface area contributed by atoms with Crippen LogP contribution in [0.5, 0.6) is 0 Å². The molecule has 0 aromatic rings. The van der Waals surface area contributed by atoms with Crippen LogP contribution in [0.15, 0.2) is 0 Å². The van der Waals surface area contributed by atoms with E-state index in [4.69, 9.17) is 4.74 Å². The fourth-order valence-corrected chi connectivity index (χ4v) is 2.79. The zero-order valence-corrected chi connectivity index (χ0v) is 13.4. The van der Waals surface area contributed by atoms with E-state index in [1.165, 1.54) is 25.7 Å². The standard InChI is InChI=1S/C16H33NO3/c1-4-13-8-6-7-9-15(13)20-11-14(18)10-17-12-16(3,19)5-2/h13-15,17-19H,4-12H2,1-3H3. The van der Waals surface area contributed by atoms with Gasteiger partial charge in [-0.25, -0.2) is 0 Å². The average Bonchev–Trinajstić information content (AvgIpc) is 2.45. The number of aliphatic hydroxyl groups excluding tert-OH is 1. The van der Waals surface area contributed by atoms with Crippen LogP contribution in [0.2, 0.25) is 0 Å². The van der Waals surface area contributed by atoms with Crippen molar-refractivity contribution in [2.45, 2.75) is 77.1 Å². The van der Waals surface area contributed by atoms with Gasteiger partial charge in [-0.2, -0.15) is 0 Å². The Labute approximate surface area is 123 Å². The summed E-state index contributed by atoms with van der Waals surface area (Å²) in [6, 6.07) is 0. The number of hydrogen-bond donors (Lipinski definition) is 3. The van der Waals surface area contributed by atoms with Crippen molar-refractivity contribution in [2.24, 2.45) is 5.92 Å². The van der Waals surface area contributed by atoms with Crippen molar-refractivity contribution >= 4 is 0 Å². The topological polar surface area (TPSA) is 61.7 Å². The van der Waals surface area contributed by atoms with Gasteiger partial charge in [0.2, 0.25) is 0 Å². The highest BCUT2D eigenvalue weighted by atomic mass is 16.5. The number of rotatable bonds is 9. The molecule has 4 atom stereocenters. The van der Waals surface area contributed by atoms with Crippen molar-refractivity contribution in [3.8, 4) is 0 Å².